The van der Waals surface area contributed by atoms with Crippen LogP contribution in [0.15, 0.2) is 24.3 Å². The first-order chi connectivity index (χ1) is 14.4. The Morgan fingerprint density at radius 3 is 2.53 bits per heavy atom. The predicted molar refractivity (Wildman–Crippen MR) is 118 cm³/mol. The Morgan fingerprint density at radius 1 is 1.17 bits per heavy atom. The second kappa shape index (κ2) is 8.30. The van der Waals surface area contributed by atoms with Crippen LogP contribution in [0.4, 0.5) is 23.3 Å². The second-order valence-electron chi connectivity index (χ2n) is 8.29. The van der Waals surface area contributed by atoms with Crippen molar-refractivity contribution in [3.63, 3.8) is 0 Å². The number of hydrogen-bond acceptors (Lipinski definition) is 6. The quantitative estimate of drug-likeness (QED) is 0.716. The van der Waals surface area contributed by atoms with Gasteiger partial charge in [0, 0.05) is 25.2 Å². The molecule has 0 unspecified atom stereocenters. The Bertz CT molecular complexity index is 951. The molecule has 0 bridgehead atoms. The third kappa shape index (κ3) is 4.08. The number of carbonyl (C=O) groups excluding carboxylic acids is 2. The highest BCUT2D eigenvalue weighted by Crippen LogP contribution is 2.37. The molecule has 1 aromatic carbocycles. The van der Waals surface area contributed by atoms with Crippen LogP contribution in [0.1, 0.15) is 62.5 Å². The van der Waals surface area contributed by atoms with E-state index in [0.29, 0.717) is 28.9 Å². The van der Waals surface area contributed by atoms with Crippen molar-refractivity contribution in [1.29, 1.82) is 0 Å². The molecular formula is C22H28N6O2. The number of nitrogens with zero attached hydrogens (tertiary/aromatic N) is 3. The lowest BCUT2D eigenvalue weighted by Gasteiger charge is -2.30. The van der Waals surface area contributed by atoms with E-state index in [1.54, 1.807) is 0 Å². The van der Waals surface area contributed by atoms with Gasteiger partial charge in [0.2, 0.25) is 17.8 Å². The lowest BCUT2D eigenvalue weighted by molar-refractivity contribution is -0.123. The smallest absolute Gasteiger partial charge is 0.232 e. The van der Waals surface area contributed by atoms with E-state index < -0.39 is 5.92 Å². The van der Waals surface area contributed by atoms with Gasteiger partial charge in [-0.15, -0.1) is 0 Å². The number of nitrogens with two attached hydrogens (primary N) is 1. The number of nitrogen functional groups attached to an aromatic ring is 1. The number of nitrogens with one attached hydrogen (secondary N) is 2. The summed E-state index contributed by atoms with van der Waals surface area (Å²) < 4.78 is 0. The van der Waals surface area contributed by atoms with Gasteiger partial charge in [0.15, 0.2) is 0 Å². The van der Waals surface area contributed by atoms with Crippen LogP contribution in [0.3, 0.4) is 0 Å². The molecule has 1 fully saturated rings. The fraction of sp³-hybridized carbons (Fsp3) is 0.455. The molecule has 1 atom stereocenters. The van der Waals surface area contributed by atoms with Crippen molar-refractivity contribution < 1.29 is 9.59 Å². The molecule has 1 saturated heterocycles. The molecule has 0 saturated carbocycles. The Labute approximate surface area is 176 Å². The minimum absolute atomic E-state index is 0.0134. The van der Waals surface area contributed by atoms with Crippen molar-refractivity contribution >= 4 is 35.1 Å². The fourth-order valence-electron chi connectivity index (χ4n) is 4.02. The van der Waals surface area contributed by atoms with Crippen LogP contribution in [0.25, 0.3) is 0 Å². The summed E-state index contributed by atoms with van der Waals surface area (Å²) in [6.45, 7) is 5.96. The minimum atomic E-state index is -0.728. The van der Waals surface area contributed by atoms with E-state index in [0.717, 1.165) is 25.9 Å². The standard InChI is InChI=1S/C22H28N6O2/c1-13(2)14-6-8-15(9-7-14)24-21(30)16-12-17(29)25-20-18(16)19(23)26-22(27-20)28-10-4-3-5-11-28/h6-9,13,16H,3-5,10-12H2,1-2H3,(H,24,30)(H3,23,25,26,27,29)/t16-/m0/s1. The van der Waals surface area contributed by atoms with Crippen LogP contribution >= 0.6 is 0 Å². The van der Waals surface area contributed by atoms with Gasteiger partial charge >= 0.3 is 0 Å². The van der Waals surface area contributed by atoms with Crippen molar-refractivity contribution in [2.75, 3.05) is 34.4 Å². The molecule has 8 heteroatoms. The minimum Gasteiger partial charge on any atom is -0.383 e. The number of anilines is 4. The maximum absolute atomic E-state index is 13.0. The number of hydrogen-bond donors (Lipinski definition) is 3. The molecule has 30 heavy (non-hydrogen) atoms. The number of fused-ring (bicyclic) bond motifs is 1. The summed E-state index contributed by atoms with van der Waals surface area (Å²) in [5.41, 5.74) is 8.63. The number of benzene rings is 1. The highest BCUT2D eigenvalue weighted by atomic mass is 16.2. The molecule has 2 aromatic rings. The van der Waals surface area contributed by atoms with Gasteiger partial charge in [-0.25, -0.2) is 0 Å². The monoisotopic (exact) mass is 408 g/mol. The molecule has 8 nitrogen and oxygen atoms in total. The molecule has 3 heterocycles. The largest absolute Gasteiger partial charge is 0.383 e. The molecule has 2 amide bonds. The maximum Gasteiger partial charge on any atom is 0.232 e. The summed E-state index contributed by atoms with van der Waals surface area (Å²) >= 11 is 0. The topological polar surface area (TPSA) is 113 Å². The number of carbonyl (C=O) groups is 2. The van der Waals surface area contributed by atoms with Gasteiger partial charge in [0.25, 0.3) is 0 Å². The average molecular weight is 409 g/mol. The Morgan fingerprint density at radius 2 is 1.87 bits per heavy atom. The van der Waals surface area contributed by atoms with E-state index in [1.807, 2.05) is 24.3 Å². The Kier molecular flexibility index (Phi) is 5.57. The summed E-state index contributed by atoms with van der Waals surface area (Å²) in [5.74, 6) is 0.246. The number of rotatable bonds is 4. The van der Waals surface area contributed by atoms with Crippen molar-refractivity contribution in [2.45, 2.75) is 51.4 Å². The molecule has 0 radical (unpaired) electrons. The van der Waals surface area contributed by atoms with E-state index in [4.69, 9.17) is 5.73 Å². The van der Waals surface area contributed by atoms with E-state index in [9.17, 15) is 9.59 Å². The molecular weight excluding hydrogens is 380 g/mol. The van der Waals surface area contributed by atoms with Crippen molar-refractivity contribution in [3.05, 3.63) is 35.4 Å². The highest BCUT2D eigenvalue weighted by Gasteiger charge is 2.35. The predicted octanol–water partition coefficient (Wildman–Crippen LogP) is 3.24. The molecule has 4 rings (SSSR count). The van der Waals surface area contributed by atoms with Crippen LogP contribution in [-0.2, 0) is 9.59 Å². The number of amides is 2. The van der Waals surface area contributed by atoms with Crippen molar-refractivity contribution in [2.24, 2.45) is 0 Å². The van der Waals surface area contributed by atoms with Gasteiger partial charge < -0.3 is 21.3 Å². The first-order valence-corrected chi connectivity index (χ1v) is 10.6. The molecule has 2 aliphatic rings. The number of piperidine rings is 1. The van der Waals surface area contributed by atoms with Gasteiger partial charge in [-0.3, -0.25) is 9.59 Å². The fourth-order valence-corrected chi connectivity index (χ4v) is 4.02. The molecule has 2 aliphatic heterocycles. The number of aromatic nitrogens is 2. The second-order valence-corrected chi connectivity index (χ2v) is 8.29. The highest BCUT2D eigenvalue weighted by molar-refractivity contribution is 6.05. The molecule has 158 valence electrons. The SMILES string of the molecule is CC(C)c1ccc(NC(=O)[C@H]2CC(=O)Nc3nc(N4CCCCC4)nc(N)c32)cc1. The zero-order chi connectivity index (χ0) is 21.3. The van der Waals surface area contributed by atoms with Crippen LogP contribution in [0.5, 0.6) is 0 Å². The maximum atomic E-state index is 13.0. The molecule has 0 spiro atoms. The van der Waals surface area contributed by atoms with Crippen LogP contribution in [-0.4, -0.2) is 34.9 Å². The summed E-state index contributed by atoms with van der Waals surface area (Å²) in [6, 6.07) is 7.72. The normalized spacial score (nSPS) is 18.7. The lowest BCUT2D eigenvalue weighted by atomic mass is 9.91. The molecule has 1 aromatic heterocycles. The van der Waals surface area contributed by atoms with Crippen LogP contribution in [0.2, 0.25) is 0 Å². The molecule has 4 N–H and O–H groups in total. The Balaban J connectivity index is 1.59. The molecule has 0 aliphatic carbocycles. The van der Waals surface area contributed by atoms with Crippen LogP contribution in [0, 0.1) is 0 Å². The first-order valence-electron chi connectivity index (χ1n) is 10.6. The van der Waals surface area contributed by atoms with Gasteiger partial charge in [-0.2, -0.15) is 9.97 Å². The van der Waals surface area contributed by atoms with Crippen molar-refractivity contribution in [3.8, 4) is 0 Å². The zero-order valence-electron chi connectivity index (χ0n) is 17.4. The van der Waals surface area contributed by atoms with Crippen LogP contribution < -0.4 is 21.3 Å². The summed E-state index contributed by atoms with van der Waals surface area (Å²) in [6.07, 6.45) is 3.36. The lowest BCUT2D eigenvalue weighted by Crippen LogP contribution is -2.35. The summed E-state index contributed by atoms with van der Waals surface area (Å²) in [7, 11) is 0. The van der Waals surface area contributed by atoms with E-state index in [-0.39, 0.29) is 24.1 Å². The summed E-state index contributed by atoms with van der Waals surface area (Å²) in [4.78, 5) is 36.4. The third-order valence-electron chi connectivity index (χ3n) is 5.76. The Hall–Kier alpha value is -3.16. The van der Waals surface area contributed by atoms with E-state index in [2.05, 4.69) is 39.3 Å². The van der Waals surface area contributed by atoms with Gasteiger partial charge in [-0.1, -0.05) is 26.0 Å². The van der Waals surface area contributed by atoms with E-state index >= 15 is 0 Å². The zero-order valence-corrected chi connectivity index (χ0v) is 17.4. The van der Waals surface area contributed by atoms with Gasteiger partial charge in [-0.05, 0) is 42.9 Å². The van der Waals surface area contributed by atoms with Gasteiger partial charge in [0.05, 0.1) is 11.5 Å². The van der Waals surface area contributed by atoms with Crippen molar-refractivity contribution in [1.82, 2.24) is 9.97 Å². The van der Waals surface area contributed by atoms with E-state index in [1.165, 1.54) is 12.0 Å². The summed E-state index contributed by atoms with van der Waals surface area (Å²) in [5, 5.41) is 5.68. The third-order valence-corrected chi connectivity index (χ3v) is 5.76. The van der Waals surface area contributed by atoms with Gasteiger partial charge in [0.1, 0.15) is 11.6 Å². The average Bonchev–Trinajstić information content (AvgIpc) is 2.73. The first kappa shape index (κ1) is 20.1.